The number of fused-ring (bicyclic) bond motifs is 1. The fraction of sp³-hybridized carbons (Fsp3) is 0.529. The minimum atomic E-state index is -1.05. The van der Waals surface area contributed by atoms with Gasteiger partial charge in [-0.15, -0.1) is 0 Å². The third-order valence-electron chi connectivity index (χ3n) is 3.79. The summed E-state index contributed by atoms with van der Waals surface area (Å²) in [4.78, 5) is 24.5. The Kier molecular flexibility index (Phi) is 5.47. The normalized spacial score (nSPS) is 16.0. The van der Waals surface area contributed by atoms with Gasteiger partial charge < -0.3 is 19.5 Å². The fourth-order valence-corrected chi connectivity index (χ4v) is 2.57. The van der Waals surface area contributed by atoms with Crippen molar-refractivity contribution in [3.05, 3.63) is 23.8 Å². The van der Waals surface area contributed by atoms with E-state index in [4.69, 9.17) is 14.2 Å². The first-order valence-electron chi connectivity index (χ1n) is 7.80. The maximum Gasteiger partial charge on any atom is 0.331 e. The largest absolute Gasteiger partial charge is 0.490 e. The fourth-order valence-electron chi connectivity index (χ4n) is 2.57. The molecule has 6 nitrogen and oxygen atoms in total. The van der Waals surface area contributed by atoms with E-state index in [0.717, 1.165) is 12.8 Å². The Morgan fingerprint density at radius 3 is 2.61 bits per heavy atom. The number of nitrogens with one attached hydrogen (secondary N) is 1. The van der Waals surface area contributed by atoms with Crippen LogP contribution in [0.2, 0.25) is 0 Å². The zero-order chi connectivity index (χ0) is 16.9. The summed E-state index contributed by atoms with van der Waals surface area (Å²) in [7, 11) is 1.32. The third-order valence-corrected chi connectivity index (χ3v) is 3.79. The molecule has 1 atom stereocenters. The Hall–Kier alpha value is -2.24. The maximum absolute atomic E-state index is 12.5. The van der Waals surface area contributed by atoms with Gasteiger partial charge in [-0.3, -0.25) is 4.79 Å². The molecule has 1 aliphatic heterocycles. The summed E-state index contributed by atoms with van der Waals surface area (Å²) in [5, 5.41) is 2.77. The molecule has 0 bridgehead atoms. The molecule has 1 N–H and O–H groups in total. The van der Waals surface area contributed by atoms with Gasteiger partial charge >= 0.3 is 5.97 Å². The predicted molar refractivity (Wildman–Crippen MR) is 84.8 cm³/mol. The van der Waals surface area contributed by atoms with E-state index in [1.165, 1.54) is 7.11 Å². The third kappa shape index (κ3) is 3.94. The van der Waals surface area contributed by atoms with E-state index in [-0.39, 0.29) is 5.91 Å². The van der Waals surface area contributed by atoms with Crippen LogP contribution in [0.3, 0.4) is 0 Å². The van der Waals surface area contributed by atoms with Gasteiger partial charge in [-0.05, 0) is 31.5 Å². The molecule has 1 aromatic rings. The molecule has 126 valence electrons. The molecular formula is C17H23NO5. The first-order valence-corrected chi connectivity index (χ1v) is 7.80. The van der Waals surface area contributed by atoms with Gasteiger partial charge in [0, 0.05) is 12.0 Å². The first kappa shape index (κ1) is 17.1. The molecule has 6 heteroatoms. The summed E-state index contributed by atoms with van der Waals surface area (Å²) in [6, 6.07) is 5.01. The van der Waals surface area contributed by atoms with Crippen molar-refractivity contribution in [2.24, 2.45) is 0 Å². The number of hydrogen-bond acceptors (Lipinski definition) is 5. The standard InChI is InChI=1S/C17H23NO5/c1-4-8-17(2,16(20)21-3)18-15(19)12-6-7-13-14(11-12)23-10-5-9-22-13/h6-7,11H,4-5,8-10H2,1-3H3,(H,18,19). The lowest BCUT2D eigenvalue weighted by Gasteiger charge is -2.27. The van der Waals surface area contributed by atoms with Crippen molar-refractivity contribution < 1.29 is 23.8 Å². The Bertz CT molecular complexity index is 586. The first-order chi connectivity index (χ1) is 11.0. The van der Waals surface area contributed by atoms with Crippen LogP contribution >= 0.6 is 0 Å². The van der Waals surface area contributed by atoms with Crippen molar-refractivity contribution in [2.45, 2.75) is 38.6 Å². The molecule has 2 rings (SSSR count). The van der Waals surface area contributed by atoms with E-state index in [2.05, 4.69) is 5.32 Å². The molecule has 1 amide bonds. The average Bonchev–Trinajstić information content (AvgIpc) is 2.78. The van der Waals surface area contributed by atoms with Crippen LogP contribution in [0.4, 0.5) is 0 Å². The Morgan fingerprint density at radius 2 is 1.96 bits per heavy atom. The second-order valence-electron chi connectivity index (χ2n) is 5.74. The van der Waals surface area contributed by atoms with Gasteiger partial charge in [-0.2, -0.15) is 0 Å². The summed E-state index contributed by atoms with van der Waals surface area (Å²) >= 11 is 0. The molecule has 0 aromatic heterocycles. The molecular weight excluding hydrogens is 298 g/mol. The lowest BCUT2D eigenvalue weighted by molar-refractivity contribution is -0.147. The van der Waals surface area contributed by atoms with E-state index in [0.29, 0.717) is 36.7 Å². The Labute approximate surface area is 136 Å². The minimum absolute atomic E-state index is 0.345. The number of hydrogen-bond donors (Lipinski definition) is 1. The lowest BCUT2D eigenvalue weighted by atomic mass is 9.95. The van der Waals surface area contributed by atoms with Gasteiger partial charge in [0.1, 0.15) is 5.54 Å². The van der Waals surface area contributed by atoms with E-state index in [9.17, 15) is 9.59 Å². The molecule has 1 aliphatic rings. The van der Waals surface area contributed by atoms with Crippen LogP contribution in [0, 0.1) is 0 Å². The number of amides is 1. The van der Waals surface area contributed by atoms with Crippen molar-refractivity contribution >= 4 is 11.9 Å². The van der Waals surface area contributed by atoms with Crippen LogP contribution < -0.4 is 14.8 Å². The quantitative estimate of drug-likeness (QED) is 0.843. The topological polar surface area (TPSA) is 73.9 Å². The zero-order valence-electron chi connectivity index (χ0n) is 13.8. The highest BCUT2D eigenvalue weighted by atomic mass is 16.5. The number of methoxy groups -OCH3 is 1. The van der Waals surface area contributed by atoms with Crippen LogP contribution in [0.5, 0.6) is 11.5 Å². The predicted octanol–water partition coefficient (Wildman–Crippen LogP) is 2.31. The van der Waals surface area contributed by atoms with Gasteiger partial charge in [0.05, 0.1) is 20.3 Å². The summed E-state index contributed by atoms with van der Waals surface area (Å²) < 4.78 is 15.9. The van der Waals surface area contributed by atoms with Crippen molar-refractivity contribution in [3.8, 4) is 11.5 Å². The van der Waals surface area contributed by atoms with Crippen molar-refractivity contribution in [1.82, 2.24) is 5.32 Å². The Balaban J connectivity index is 2.19. The van der Waals surface area contributed by atoms with Gasteiger partial charge in [0.25, 0.3) is 5.91 Å². The van der Waals surface area contributed by atoms with E-state index >= 15 is 0 Å². The monoisotopic (exact) mass is 321 g/mol. The molecule has 1 unspecified atom stereocenters. The van der Waals surface area contributed by atoms with Gasteiger partial charge in [-0.25, -0.2) is 4.79 Å². The Morgan fingerprint density at radius 1 is 1.26 bits per heavy atom. The smallest absolute Gasteiger partial charge is 0.331 e. The highest BCUT2D eigenvalue weighted by Crippen LogP contribution is 2.30. The summed E-state index contributed by atoms with van der Waals surface area (Å²) in [5.74, 6) is 0.373. The molecule has 1 aromatic carbocycles. The van der Waals surface area contributed by atoms with E-state index < -0.39 is 11.5 Å². The number of ether oxygens (including phenoxy) is 3. The van der Waals surface area contributed by atoms with Crippen LogP contribution in [-0.4, -0.2) is 37.7 Å². The number of carbonyl (C=O) groups excluding carboxylic acids is 2. The van der Waals surface area contributed by atoms with Crippen LogP contribution in [0.1, 0.15) is 43.5 Å². The highest BCUT2D eigenvalue weighted by molar-refractivity contribution is 5.98. The molecule has 0 radical (unpaired) electrons. The van der Waals surface area contributed by atoms with Crippen LogP contribution in [0.25, 0.3) is 0 Å². The number of esters is 1. The van der Waals surface area contributed by atoms with Crippen molar-refractivity contribution in [2.75, 3.05) is 20.3 Å². The summed E-state index contributed by atoms with van der Waals surface area (Å²) in [5.41, 5.74) is -0.634. The molecule has 0 fully saturated rings. The molecule has 0 aliphatic carbocycles. The zero-order valence-corrected chi connectivity index (χ0v) is 13.8. The second-order valence-corrected chi connectivity index (χ2v) is 5.74. The van der Waals surface area contributed by atoms with Crippen LogP contribution in [-0.2, 0) is 9.53 Å². The molecule has 1 heterocycles. The van der Waals surface area contributed by atoms with Gasteiger partial charge in [0.2, 0.25) is 0 Å². The second kappa shape index (κ2) is 7.35. The lowest BCUT2D eigenvalue weighted by Crippen LogP contribution is -2.52. The molecule has 0 saturated carbocycles. The van der Waals surface area contributed by atoms with Crippen molar-refractivity contribution in [1.29, 1.82) is 0 Å². The number of benzene rings is 1. The van der Waals surface area contributed by atoms with Crippen LogP contribution in [0.15, 0.2) is 18.2 Å². The average molecular weight is 321 g/mol. The maximum atomic E-state index is 12.5. The summed E-state index contributed by atoms with van der Waals surface area (Å²) in [6.07, 6.45) is 2.04. The SMILES string of the molecule is CCCC(C)(NC(=O)c1ccc2c(c1)OCCCO2)C(=O)OC. The molecule has 23 heavy (non-hydrogen) atoms. The van der Waals surface area contributed by atoms with E-state index in [1.54, 1.807) is 25.1 Å². The van der Waals surface area contributed by atoms with E-state index in [1.807, 2.05) is 6.92 Å². The number of carbonyl (C=O) groups is 2. The van der Waals surface area contributed by atoms with Crippen molar-refractivity contribution in [3.63, 3.8) is 0 Å². The molecule has 0 saturated heterocycles. The molecule has 0 spiro atoms. The number of rotatable bonds is 5. The van der Waals surface area contributed by atoms with Gasteiger partial charge in [-0.1, -0.05) is 13.3 Å². The highest BCUT2D eigenvalue weighted by Gasteiger charge is 2.35. The van der Waals surface area contributed by atoms with Gasteiger partial charge in [0.15, 0.2) is 11.5 Å². The summed E-state index contributed by atoms with van der Waals surface area (Å²) in [6.45, 7) is 4.76. The minimum Gasteiger partial charge on any atom is -0.490 e.